The quantitative estimate of drug-likeness (QED) is 0.746. The molecular weight excluding hydrogens is 370 g/mol. The molecule has 1 aliphatic rings. The van der Waals surface area contributed by atoms with Gasteiger partial charge in [-0.15, -0.1) is 0 Å². The molecule has 3 rings (SSSR count). The maximum atomic E-state index is 12.7. The maximum Gasteiger partial charge on any atom is 0.359 e. The fourth-order valence-corrected chi connectivity index (χ4v) is 5.10. The zero-order chi connectivity index (χ0) is 19.6. The van der Waals surface area contributed by atoms with Crippen LogP contribution in [0.4, 0.5) is 0 Å². The summed E-state index contributed by atoms with van der Waals surface area (Å²) < 4.78 is 28.8. The Hall–Kier alpha value is -2.42. The molecule has 1 aromatic carbocycles. The van der Waals surface area contributed by atoms with E-state index in [1.54, 1.807) is 23.1 Å². The summed E-state index contributed by atoms with van der Waals surface area (Å²) in [7, 11) is -3.12. The Morgan fingerprint density at radius 2 is 2.11 bits per heavy atom. The third kappa shape index (κ3) is 4.13. The van der Waals surface area contributed by atoms with Crippen molar-refractivity contribution in [3.05, 3.63) is 30.0 Å². The Morgan fingerprint density at radius 1 is 1.37 bits per heavy atom. The number of rotatable bonds is 6. The van der Waals surface area contributed by atoms with Gasteiger partial charge in [0.15, 0.2) is 22.1 Å². The lowest BCUT2D eigenvalue weighted by Gasteiger charge is -2.33. The fraction of sp³-hybridized carbons (Fsp3) is 0.500. The number of hydrogen-bond acceptors (Lipinski definition) is 6. The van der Waals surface area contributed by atoms with Crippen LogP contribution < -0.4 is 0 Å². The van der Waals surface area contributed by atoms with E-state index in [2.05, 4.69) is 10.2 Å². The average Bonchev–Trinajstić information content (AvgIpc) is 3.23. The summed E-state index contributed by atoms with van der Waals surface area (Å²) >= 11 is 0. The number of fused-ring (bicyclic) bond motifs is 1. The Balaban J connectivity index is 1.69. The number of amides is 1. The number of nitrogens with zero attached hydrogens (tertiary/aromatic N) is 2. The molecule has 9 heteroatoms. The van der Waals surface area contributed by atoms with Crippen LogP contribution in [-0.2, 0) is 19.4 Å². The monoisotopic (exact) mass is 393 g/mol. The Morgan fingerprint density at radius 3 is 2.78 bits per heavy atom. The summed E-state index contributed by atoms with van der Waals surface area (Å²) in [5.41, 5.74) is 0.824. The zero-order valence-corrected chi connectivity index (χ0v) is 16.2. The van der Waals surface area contributed by atoms with Crippen molar-refractivity contribution < 1.29 is 22.7 Å². The van der Waals surface area contributed by atoms with Crippen LogP contribution in [0.15, 0.2) is 24.3 Å². The number of aromatic amines is 1. The van der Waals surface area contributed by atoms with Crippen LogP contribution in [0.25, 0.3) is 10.9 Å². The summed E-state index contributed by atoms with van der Waals surface area (Å²) in [6, 6.07) is 6.62. The minimum atomic E-state index is -3.12. The van der Waals surface area contributed by atoms with Crippen molar-refractivity contribution in [2.24, 2.45) is 0 Å². The van der Waals surface area contributed by atoms with Gasteiger partial charge in [0.2, 0.25) is 0 Å². The van der Waals surface area contributed by atoms with E-state index in [1.807, 2.05) is 19.9 Å². The molecule has 8 nitrogen and oxygen atoms in total. The highest BCUT2D eigenvalue weighted by atomic mass is 32.2. The van der Waals surface area contributed by atoms with Gasteiger partial charge in [0.25, 0.3) is 5.91 Å². The molecule has 27 heavy (non-hydrogen) atoms. The topological polar surface area (TPSA) is 109 Å². The van der Waals surface area contributed by atoms with Crippen molar-refractivity contribution in [1.29, 1.82) is 0 Å². The van der Waals surface area contributed by atoms with Gasteiger partial charge in [-0.3, -0.25) is 9.89 Å². The van der Waals surface area contributed by atoms with Gasteiger partial charge in [-0.05, 0) is 25.8 Å². The number of hydrogen-bond donors (Lipinski definition) is 1. The summed E-state index contributed by atoms with van der Waals surface area (Å²) in [4.78, 5) is 26.6. The highest BCUT2D eigenvalue weighted by molar-refractivity contribution is 7.91. The number of benzene rings is 1. The highest BCUT2D eigenvalue weighted by Gasteiger charge is 2.36. The minimum absolute atomic E-state index is 0.0406. The molecule has 0 spiro atoms. The minimum Gasteiger partial charge on any atom is -0.451 e. The molecule has 0 aliphatic carbocycles. The van der Waals surface area contributed by atoms with Gasteiger partial charge in [-0.25, -0.2) is 13.2 Å². The van der Waals surface area contributed by atoms with Crippen molar-refractivity contribution in [3.63, 3.8) is 0 Å². The first-order chi connectivity index (χ1) is 12.8. The van der Waals surface area contributed by atoms with Crippen molar-refractivity contribution in [3.8, 4) is 0 Å². The molecule has 1 saturated heterocycles. The van der Waals surface area contributed by atoms with Crippen molar-refractivity contribution in [2.45, 2.75) is 38.8 Å². The largest absolute Gasteiger partial charge is 0.451 e. The van der Waals surface area contributed by atoms with Crippen LogP contribution in [-0.4, -0.2) is 65.6 Å². The molecule has 1 aliphatic heterocycles. The third-order valence-electron chi connectivity index (χ3n) is 4.95. The van der Waals surface area contributed by atoms with Gasteiger partial charge >= 0.3 is 5.97 Å². The van der Waals surface area contributed by atoms with Crippen molar-refractivity contribution in [2.75, 3.05) is 18.1 Å². The number of sulfone groups is 1. The number of aromatic nitrogens is 2. The smallest absolute Gasteiger partial charge is 0.359 e. The molecule has 1 N–H and O–H groups in total. The summed E-state index contributed by atoms with van der Waals surface area (Å²) in [5.74, 6) is -1.04. The molecule has 1 amide bonds. The van der Waals surface area contributed by atoms with E-state index in [1.165, 1.54) is 0 Å². The molecule has 1 fully saturated rings. The van der Waals surface area contributed by atoms with E-state index < -0.39 is 22.4 Å². The molecule has 0 unspecified atom stereocenters. The molecule has 1 aromatic heterocycles. The van der Waals surface area contributed by atoms with E-state index in [4.69, 9.17) is 4.74 Å². The standard InChI is InChI=1S/C18H23N3O5S/c1-3-12(2)21(13-8-9-27(24,25)11-13)16(22)10-26-18(23)17-14-6-4-5-7-15(14)19-20-17/h4-7,12-13H,3,8-11H2,1-2H3,(H,19,20)/t12-,13+/m0/s1. The fourth-order valence-electron chi connectivity index (χ4n) is 3.39. The average molecular weight is 393 g/mol. The molecular formula is C18H23N3O5S. The number of esters is 1. The van der Waals surface area contributed by atoms with Gasteiger partial charge in [0.05, 0.1) is 17.0 Å². The maximum absolute atomic E-state index is 12.7. The summed E-state index contributed by atoms with van der Waals surface area (Å²) in [5, 5.41) is 7.33. The molecule has 2 atom stereocenters. The lowest BCUT2D eigenvalue weighted by Crippen LogP contribution is -2.48. The first kappa shape index (κ1) is 19.3. The second-order valence-electron chi connectivity index (χ2n) is 6.81. The van der Waals surface area contributed by atoms with Gasteiger partial charge in [-0.1, -0.05) is 25.1 Å². The Kier molecular flexibility index (Phi) is 5.50. The first-order valence-electron chi connectivity index (χ1n) is 8.94. The van der Waals surface area contributed by atoms with Crippen LogP contribution in [0.2, 0.25) is 0 Å². The van der Waals surface area contributed by atoms with Crippen molar-refractivity contribution in [1.82, 2.24) is 15.1 Å². The number of carbonyl (C=O) groups is 2. The van der Waals surface area contributed by atoms with E-state index in [9.17, 15) is 18.0 Å². The van der Waals surface area contributed by atoms with Gasteiger partial charge < -0.3 is 9.64 Å². The number of para-hydroxylation sites is 1. The molecule has 0 bridgehead atoms. The van der Waals surface area contributed by atoms with Crippen LogP contribution >= 0.6 is 0 Å². The van der Waals surface area contributed by atoms with E-state index in [0.717, 1.165) is 0 Å². The van der Waals surface area contributed by atoms with Crippen LogP contribution in [0.1, 0.15) is 37.2 Å². The Bertz CT molecular complexity index is 953. The predicted molar refractivity (Wildman–Crippen MR) is 100 cm³/mol. The summed E-state index contributed by atoms with van der Waals surface area (Å²) in [6.45, 7) is 3.35. The lowest BCUT2D eigenvalue weighted by atomic mass is 10.1. The van der Waals surface area contributed by atoms with E-state index >= 15 is 0 Å². The molecule has 2 aromatic rings. The van der Waals surface area contributed by atoms with E-state index in [-0.39, 0.29) is 35.2 Å². The normalized spacial score (nSPS) is 19.7. The SMILES string of the molecule is CC[C@H](C)N(C(=O)COC(=O)c1n[nH]c2ccccc12)[C@@H]1CCS(=O)(=O)C1. The lowest BCUT2D eigenvalue weighted by molar-refractivity contribution is -0.138. The van der Waals surface area contributed by atoms with Crippen molar-refractivity contribution >= 4 is 32.6 Å². The van der Waals surface area contributed by atoms with Gasteiger partial charge in [-0.2, -0.15) is 5.10 Å². The highest BCUT2D eigenvalue weighted by Crippen LogP contribution is 2.22. The van der Waals surface area contributed by atoms with Gasteiger partial charge in [0, 0.05) is 17.5 Å². The first-order valence-corrected chi connectivity index (χ1v) is 10.8. The number of ether oxygens (including phenoxy) is 1. The molecule has 0 radical (unpaired) electrons. The van der Waals surface area contributed by atoms with Crippen LogP contribution in [0.3, 0.4) is 0 Å². The molecule has 2 heterocycles. The second kappa shape index (κ2) is 7.67. The molecule has 146 valence electrons. The van der Waals surface area contributed by atoms with Crippen LogP contribution in [0, 0.1) is 0 Å². The van der Waals surface area contributed by atoms with Gasteiger partial charge in [0.1, 0.15) is 0 Å². The van der Waals surface area contributed by atoms with E-state index in [0.29, 0.717) is 23.7 Å². The number of carbonyl (C=O) groups excluding carboxylic acids is 2. The summed E-state index contributed by atoms with van der Waals surface area (Å²) in [6.07, 6.45) is 1.09. The molecule has 0 saturated carbocycles. The predicted octanol–water partition coefficient (Wildman–Crippen LogP) is 1.53. The Labute approximate surface area is 157 Å². The number of H-pyrrole nitrogens is 1. The zero-order valence-electron chi connectivity index (χ0n) is 15.3. The van der Waals surface area contributed by atoms with Crippen LogP contribution in [0.5, 0.6) is 0 Å². The number of nitrogens with one attached hydrogen (secondary N) is 1. The third-order valence-corrected chi connectivity index (χ3v) is 6.70. The second-order valence-corrected chi connectivity index (χ2v) is 9.04.